The zero-order chi connectivity index (χ0) is 13.9. The molecule has 1 heterocycles. The highest BCUT2D eigenvalue weighted by Crippen LogP contribution is 2.28. The molecule has 1 aliphatic rings. The molecule has 1 fully saturated rings. The molecule has 0 aliphatic carbocycles. The molecule has 5 heteroatoms. The molecule has 1 saturated heterocycles. The molecule has 3 atom stereocenters. The second-order valence-corrected chi connectivity index (χ2v) is 6.70. The number of thioether (sulfide) groups is 1. The number of rotatable bonds is 5. The Bertz CT molecular complexity index is 319. The molecule has 4 nitrogen and oxygen atoms in total. The van der Waals surface area contributed by atoms with Gasteiger partial charge in [0.25, 0.3) is 0 Å². The van der Waals surface area contributed by atoms with E-state index in [1.165, 1.54) is 0 Å². The number of aliphatic carboxylic acids is 1. The van der Waals surface area contributed by atoms with Gasteiger partial charge in [-0.1, -0.05) is 27.7 Å². The minimum Gasteiger partial charge on any atom is -0.481 e. The summed E-state index contributed by atoms with van der Waals surface area (Å²) in [7, 11) is 0. The van der Waals surface area contributed by atoms with Crippen molar-refractivity contribution in [2.75, 3.05) is 18.8 Å². The first kappa shape index (κ1) is 15.3. The molecule has 18 heavy (non-hydrogen) atoms. The summed E-state index contributed by atoms with van der Waals surface area (Å²) in [6, 6.07) is 0. The van der Waals surface area contributed by atoms with Gasteiger partial charge in [0.1, 0.15) is 0 Å². The molecule has 0 saturated carbocycles. The highest BCUT2D eigenvalue weighted by molar-refractivity contribution is 8.00. The van der Waals surface area contributed by atoms with Crippen LogP contribution in [-0.2, 0) is 9.59 Å². The Balaban J connectivity index is 2.70. The van der Waals surface area contributed by atoms with E-state index in [1.54, 1.807) is 16.7 Å². The van der Waals surface area contributed by atoms with Crippen molar-refractivity contribution in [3.63, 3.8) is 0 Å². The van der Waals surface area contributed by atoms with Gasteiger partial charge in [-0.15, -0.1) is 11.8 Å². The number of carboxylic acid groups (broad SMARTS) is 1. The molecule has 1 amide bonds. The van der Waals surface area contributed by atoms with Crippen LogP contribution in [0.15, 0.2) is 0 Å². The third-order valence-electron chi connectivity index (χ3n) is 3.44. The van der Waals surface area contributed by atoms with E-state index in [1.807, 2.05) is 27.7 Å². The van der Waals surface area contributed by atoms with E-state index in [9.17, 15) is 9.59 Å². The monoisotopic (exact) mass is 273 g/mol. The molecule has 0 aromatic rings. The predicted octanol–water partition coefficient (Wildman–Crippen LogP) is 1.94. The van der Waals surface area contributed by atoms with Gasteiger partial charge in [0.2, 0.25) is 5.91 Å². The van der Waals surface area contributed by atoms with Crippen LogP contribution < -0.4 is 0 Å². The predicted molar refractivity (Wildman–Crippen MR) is 73.6 cm³/mol. The number of hydrogen-bond donors (Lipinski definition) is 1. The molecule has 104 valence electrons. The molecular weight excluding hydrogens is 250 g/mol. The number of carboxylic acids is 1. The van der Waals surface area contributed by atoms with Gasteiger partial charge < -0.3 is 10.0 Å². The van der Waals surface area contributed by atoms with Crippen LogP contribution in [0, 0.1) is 17.8 Å². The summed E-state index contributed by atoms with van der Waals surface area (Å²) < 4.78 is 0. The highest BCUT2D eigenvalue weighted by Gasteiger charge is 2.39. The van der Waals surface area contributed by atoms with Crippen LogP contribution >= 0.6 is 11.8 Å². The molecular formula is C13H23NO3S. The van der Waals surface area contributed by atoms with Crippen LogP contribution in [0.5, 0.6) is 0 Å². The van der Waals surface area contributed by atoms with E-state index in [0.717, 1.165) is 5.75 Å². The Labute approximate surface area is 113 Å². The average molecular weight is 273 g/mol. The van der Waals surface area contributed by atoms with E-state index in [4.69, 9.17) is 5.11 Å². The van der Waals surface area contributed by atoms with Crippen molar-refractivity contribution >= 4 is 23.6 Å². The quantitative estimate of drug-likeness (QED) is 0.831. The van der Waals surface area contributed by atoms with Crippen molar-refractivity contribution in [2.24, 2.45) is 17.8 Å². The molecule has 0 bridgehead atoms. The summed E-state index contributed by atoms with van der Waals surface area (Å²) in [6.45, 7) is 8.97. The van der Waals surface area contributed by atoms with Gasteiger partial charge in [-0.2, -0.15) is 0 Å². The summed E-state index contributed by atoms with van der Waals surface area (Å²) in [4.78, 5) is 25.2. The molecule has 1 rings (SSSR count). The minimum absolute atomic E-state index is 0.0465. The lowest BCUT2D eigenvalue weighted by Gasteiger charge is -2.25. The van der Waals surface area contributed by atoms with Gasteiger partial charge in [-0.05, 0) is 17.6 Å². The normalized spacial score (nSPS) is 25.5. The largest absolute Gasteiger partial charge is 0.481 e. The summed E-state index contributed by atoms with van der Waals surface area (Å²) in [5, 5.41) is 9.04. The fraction of sp³-hybridized carbons (Fsp3) is 0.846. The Kier molecular flexibility index (Phi) is 5.50. The lowest BCUT2D eigenvalue weighted by Crippen LogP contribution is -2.39. The van der Waals surface area contributed by atoms with Crippen LogP contribution in [0.3, 0.4) is 0 Å². The first-order chi connectivity index (χ1) is 8.38. The lowest BCUT2D eigenvalue weighted by atomic mass is 9.99. The van der Waals surface area contributed by atoms with E-state index in [-0.39, 0.29) is 23.0 Å². The topological polar surface area (TPSA) is 57.6 Å². The van der Waals surface area contributed by atoms with Crippen LogP contribution in [0.25, 0.3) is 0 Å². The maximum Gasteiger partial charge on any atom is 0.308 e. The van der Waals surface area contributed by atoms with Crippen molar-refractivity contribution in [2.45, 2.75) is 32.9 Å². The number of carbonyl (C=O) groups excluding carboxylic acids is 1. The zero-order valence-corrected chi connectivity index (χ0v) is 12.4. The second kappa shape index (κ2) is 6.45. The van der Waals surface area contributed by atoms with Crippen molar-refractivity contribution in [3.8, 4) is 0 Å². The standard InChI is InChI=1S/C13H23NO3S/c1-5-18-11(8(2)3)12(15)14-6-9(4)10(7-14)13(16)17/h8-11H,5-7H2,1-4H3,(H,16,17)/t9-,10-,11?/m1/s1. The summed E-state index contributed by atoms with van der Waals surface area (Å²) in [6.07, 6.45) is 0. The number of carbonyl (C=O) groups is 2. The fourth-order valence-corrected chi connectivity index (χ4v) is 3.41. The van der Waals surface area contributed by atoms with Crippen LogP contribution in [0.1, 0.15) is 27.7 Å². The first-order valence-electron chi connectivity index (χ1n) is 6.51. The molecule has 1 N–H and O–H groups in total. The second-order valence-electron chi connectivity index (χ2n) is 5.29. The Hall–Kier alpha value is -0.710. The Morgan fingerprint density at radius 2 is 2.00 bits per heavy atom. The van der Waals surface area contributed by atoms with Crippen molar-refractivity contribution in [1.82, 2.24) is 4.90 Å². The van der Waals surface area contributed by atoms with Crippen LogP contribution in [-0.4, -0.2) is 46.0 Å². The Morgan fingerprint density at radius 1 is 1.39 bits per heavy atom. The molecule has 0 spiro atoms. The van der Waals surface area contributed by atoms with Gasteiger partial charge in [0.05, 0.1) is 11.2 Å². The third kappa shape index (κ3) is 3.40. The van der Waals surface area contributed by atoms with Crippen LogP contribution in [0.2, 0.25) is 0 Å². The maximum absolute atomic E-state index is 12.4. The van der Waals surface area contributed by atoms with E-state index in [0.29, 0.717) is 13.1 Å². The lowest BCUT2D eigenvalue weighted by molar-refractivity contribution is -0.142. The first-order valence-corrected chi connectivity index (χ1v) is 7.56. The summed E-state index contributed by atoms with van der Waals surface area (Å²) in [5.41, 5.74) is 0. The summed E-state index contributed by atoms with van der Waals surface area (Å²) >= 11 is 1.65. The smallest absolute Gasteiger partial charge is 0.308 e. The third-order valence-corrected chi connectivity index (χ3v) is 4.87. The average Bonchev–Trinajstić information content (AvgIpc) is 2.67. The zero-order valence-electron chi connectivity index (χ0n) is 11.5. The SMILES string of the molecule is CCSC(C(=O)N1C[C@@H](C)[C@H](C(=O)O)C1)C(C)C. The van der Waals surface area contributed by atoms with Crippen LogP contribution in [0.4, 0.5) is 0 Å². The molecule has 1 aliphatic heterocycles. The van der Waals surface area contributed by atoms with E-state index in [2.05, 4.69) is 0 Å². The number of likely N-dealkylation sites (tertiary alicyclic amines) is 1. The molecule has 0 radical (unpaired) electrons. The minimum atomic E-state index is -0.790. The number of hydrogen-bond acceptors (Lipinski definition) is 3. The van der Waals surface area contributed by atoms with Gasteiger partial charge >= 0.3 is 5.97 Å². The highest BCUT2D eigenvalue weighted by atomic mass is 32.2. The van der Waals surface area contributed by atoms with Gasteiger partial charge in [-0.25, -0.2) is 0 Å². The van der Waals surface area contributed by atoms with Crippen molar-refractivity contribution in [1.29, 1.82) is 0 Å². The van der Waals surface area contributed by atoms with Gasteiger partial charge in [0, 0.05) is 13.1 Å². The fourth-order valence-electron chi connectivity index (χ4n) is 2.38. The Morgan fingerprint density at radius 3 is 2.39 bits per heavy atom. The number of nitrogens with zero attached hydrogens (tertiary/aromatic N) is 1. The van der Waals surface area contributed by atoms with Gasteiger partial charge in [-0.3, -0.25) is 9.59 Å². The number of amides is 1. The van der Waals surface area contributed by atoms with E-state index < -0.39 is 11.9 Å². The molecule has 0 aromatic carbocycles. The van der Waals surface area contributed by atoms with Crippen molar-refractivity contribution in [3.05, 3.63) is 0 Å². The maximum atomic E-state index is 12.4. The van der Waals surface area contributed by atoms with Gasteiger partial charge in [0.15, 0.2) is 0 Å². The summed E-state index contributed by atoms with van der Waals surface area (Å²) in [5.74, 6) is 0.135. The molecule has 0 aromatic heterocycles. The molecule has 1 unspecified atom stereocenters. The van der Waals surface area contributed by atoms with E-state index >= 15 is 0 Å². The van der Waals surface area contributed by atoms with Crippen molar-refractivity contribution < 1.29 is 14.7 Å².